The average Bonchev–Trinajstić information content (AvgIpc) is 2.98. The smallest absolute Gasteiger partial charge is 0.267 e. The highest BCUT2D eigenvalue weighted by molar-refractivity contribution is 7.21. The molecule has 0 spiro atoms. The largest absolute Gasteiger partial charge is 0.366 e. The molecular weight excluding hydrogens is 346 g/mol. The van der Waals surface area contributed by atoms with E-state index in [1.54, 1.807) is 18.2 Å². The summed E-state index contributed by atoms with van der Waals surface area (Å²) in [6.45, 7) is 1.87. The van der Waals surface area contributed by atoms with Crippen molar-refractivity contribution in [2.24, 2.45) is 5.73 Å². The summed E-state index contributed by atoms with van der Waals surface area (Å²) in [6.07, 6.45) is 0. The molecule has 0 saturated carbocycles. The van der Waals surface area contributed by atoms with Crippen LogP contribution in [-0.2, 0) is 0 Å². The second kappa shape index (κ2) is 6.24. The van der Waals surface area contributed by atoms with Crippen LogP contribution in [0.3, 0.4) is 0 Å². The van der Waals surface area contributed by atoms with E-state index in [-0.39, 0.29) is 5.91 Å². The number of para-hydroxylation sites is 1. The van der Waals surface area contributed by atoms with E-state index >= 15 is 0 Å². The van der Waals surface area contributed by atoms with E-state index in [0.29, 0.717) is 16.3 Å². The Bertz CT molecular complexity index is 1180. The number of aromatic nitrogens is 1. The fourth-order valence-electron chi connectivity index (χ4n) is 2.96. The van der Waals surface area contributed by atoms with Gasteiger partial charge >= 0.3 is 0 Å². The SMILES string of the molecule is Cc1c(C(=O)Nc2ccc3ccccc3n2)sc2c(C(N)=O)cccc12. The number of amides is 2. The van der Waals surface area contributed by atoms with E-state index < -0.39 is 5.91 Å². The van der Waals surface area contributed by atoms with Crippen LogP contribution in [0.2, 0.25) is 0 Å². The molecule has 3 N–H and O–H groups in total. The minimum atomic E-state index is -0.500. The third-order valence-electron chi connectivity index (χ3n) is 4.28. The van der Waals surface area contributed by atoms with Crippen molar-refractivity contribution in [3.05, 3.63) is 70.6 Å². The summed E-state index contributed by atoms with van der Waals surface area (Å²) in [5.74, 6) is -0.261. The minimum absolute atomic E-state index is 0.248. The van der Waals surface area contributed by atoms with Crippen molar-refractivity contribution in [1.82, 2.24) is 4.98 Å². The van der Waals surface area contributed by atoms with Crippen molar-refractivity contribution in [3.63, 3.8) is 0 Å². The minimum Gasteiger partial charge on any atom is -0.366 e. The van der Waals surface area contributed by atoms with Crippen LogP contribution in [-0.4, -0.2) is 16.8 Å². The van der Waals surface area contributed by atoms with E-state index in [0.717, 1.165) is 26.6 Å². The fraction of sp³-hybridized carbons (Fsp3) is 0.0500. The molecule has 4 rings (SSSR count). The fourth-order valence-corrected chi connectivity index (χ4v) is 4.18. The number of nitrogens with two attached hydrogens (primary N) is 1. The van der Waals surface area contributed by atoms with Gasteiger partial charge in [-0.25, -0.2) is 4.98 Å². The number of carbonyl (C=O) groups excluding carboxylic acids is 2. The molecule has 6 heteroatoms. The second-order valence-corrected chi connectivity index (χ2v) is 6.97. The zero-order chi connectivity index (χ0) is 18.3. The van der Waals surface area contributed by atoms with Crippen LogP contribution in [0.25, 0.3) is 21.0 Å². The van der Waals surface area contributed by atoms with Crippen molar-refractivity contribution in [3.8, 4) is 0 Å². The number of anilines is 1. The molecule has 0 unspecified atom stereocenters. The van der Waals surface area contributed by atoms with Gasteiger partial charge in [-0.05, 0) is 42.1 Å². The maximum absolute atomic E-state index is 12.8. The van der Waals surface area contributed by atoms with Gasteiger partial charge in [0, 0.05) is 10.1 Å². The van der Waals surface area contributed by atoms with Gasteiger partial charge in [0.15, 0.2) is 0 Å². The molecule has 0 saturated heterocycles. The molecule has 0 atom stereocenters. The van der Waals surface area contributed by atoms with Gasteiger partial charge < -0.3 is 11.1 Å². The number of fused-ring (bicyclic) bond motifs is 2. The molecule has 26 heavy (non-hydrogen) atoms. The van der Waals surface area contributed by atoms with Crippen molar-refractivity contribution in [2.75, 3.05) is 5.32 Å². The molecule has 0 fully saturated rings. The van der Waals surface area contributed by atoms with E-state index in [9.17, 15) is 9.59 Å². The summed E-state index contributed by atoms with van der Waals surface area (Å²) < 4.78 is 0.731. The molecule has 2 aromatic heterocycles. The molecule has 5 nitrogen and oxygen atoms in total. The van der Waals surface area contributed by atoms with Gasteiger partial charge in [-0.2, -0.15) is 0 Å². The molecule has 0 bridgehead atoms. The molecule has 0 aliphatic carbocycles. The number of rotatable bonds is 3. The van der Waals surface area contributed by atoms with Crippen molar-refractivity contribution in [2.45, 2.75) is 6.92 Å². The molecule has 0 radical (unpaired) electrons. The first-order valence-electron chi connectivity index (χ1n) is 8.03. The lowest BCUT2D eigenvalue weighted by atomic mass is 10.1. The number of carbonyl (C=O) groups is 2. The summed E-state index contributed by atoms with van der Waals surface area (Å²) >= 11 is 1.27. The van der Waals surface area contributed by atoms with Crippen LogP contribution in [0, 0.1) is 6.92 Å². The number of hydrogen-bond acceptors (Lipinski definition) is 4. The molecule has 128 valence electrons. The highest BCUT2D eigenvalue weighted by Crippen LogP contribution is 2.33. The first-order chi connectivity index (χ1) is 12.5. The molecule has 2 amide bonds. The summed E-state index contributed by atoms with van der Waals surface area (Å²) in [5, 5.41) is 4.72. The number of aryl methyl sites for hydroxylation is 1. The molecule has 2 heterocycles. The van der Waals surface area contributed by atoms with Crippen LogP contribution in [0.1, 0.15) is 25.6 Å². The van der Waals surface area contributed by atoms with Gasteiger partial charge in [-0.15, -0.1) is 11.3 Å². The van der Waals surface area contributed by atoms with E-state index in [2.05, 4.69) is 10.3 Å². The topological polar surface area (TPSA) is 85.1 Å². The first kappa shape index (κ1) is 16.2. The van der Waals surface area contributed by atoms with Gasteiger partial charge in [-0.3, -0.25) is 9.59 Å². The molecule has 4 aromatic rings. The van der Waals surface area contributed by atoms with Gasteiger partial charge in [0.1, 0.15) is 5.82 Å². The normalized spacial score (nSPS) is 11.0. The van der Waals surface area contributed by atoms with Crippen molar-refractivity contribution >= 4 is 50.0 Å². The predicted molar refractivity (Wildman–Crippen MR) is 105 cm³/mol. The summed E-state index contributed by atoms with van der Waals surface area (Å²) in [5.41, 5.74) is 7.52. The van der Waals surface area contributed by atoms with Crippen molar-refractivity contribution < 1.29 is 9.59 Å². The molecule has 2 aromatic carbocycles. The number of hydrogen-bond donors (Lipinski definition) is 2. The summed E-state index contributed by atoms with van der Waals surface area (Å²) in [4.78, 5) is 29.4. The highest BCUT2D eigenvalue weighted by atomic mass is 32.1. The first-order valence-corrected chi connectivity index (χ1v) is 8.85. The van der Waals surface area contributed by atoms with Crippen molar-refractivity contribution in [1.29, 1.82) is 0 Å². The number of benzene rings is 2. The lowest BCUT2D eigenvalue weighted by Crippen LogP contribution is -2.12. The molecular formula is C20H15N3O2S. The number of primary amides is 1. The third kappa shape index (κ3) is 2.70. The average molecular weight is 361 g/mol. The van der Waals surface area contributed by atoms with Gasteiger partial charge in [0.2, 0.25) is 5.91 Å². The second-order valence-electron chi connectivity index (χ2n) is 5.95. The van der Waals surface area contributed by atoms with E-state index in [1.165, 1.54) is 11.3 Å². The van der Waals surface area contributed by atoms with Crippen LogP contribution in [0.5, 0.6) is 0 Å². The highest BCUT2D eigenvalue weighted by Gasteiger charge is 2.19. The Morgan fingerprint density at radius 1 is 1.04 bits per heavy atom. The monoisotopic (exact) mass is 361 g/mol. The molecule has 0 aliphatic rings. The van der Waals surface area contributed by atoms with Crippen LogP contribution < -0.4 is 11.1 Å². The zero-order valence-electron chi connectivity index (χ0n) is 13.9. The Labute approximate surface area is 153 Å². The number of nitrogens with one attached hydrogen (secondary N) is 1. The van der Waals surface area contributed by atoms with E-state index in [4.69, 9.17) is 5.73 Å². The van der Waals surface area contributed by atoms with Gasteiger partial charge in [-0.1, -0.05) is 30.3 Å². The summed E-state index contributed by atoms with van der Waals surface area (Å²) in [6, 6.07) is 16.7. The Balaban J connectivity index is 1.72. The Kier molecular flexibility index (Phi) is 3.89. The lowest BCUT2D eigenvalue weighted by molar-refractivity contribution is 0.0999. The molecule has 0 aliphatic heterocycles. The maximum atomic E-state index is 12.8. The quantitative estimate of drug-likeness (QED) is 0.576. The van der Waals surface area contributed by atoms with Crippen LogP contribution in [0.4, 0.5) is 5.82 Å². The number of nitrogens with zero attached hydrogens (tertiary/aromatic N) is 1. The summed E-state index contributed by atoms with van der Waals surface area (Å²) in [7, 11) is 0. The third-order valence-corrected chi connectivity index (χ3v) is 5.62. The Morgan fingerprint density at radius 2 is 1.85 bits per heavy atom. The maximum Gasteiger partial charge on any atom is 0.267 e. The van der Waals surface area contributed by atoms with E-state index in [1.807, 2.05) is 43.3 Å². The van der Waals surface area contributed by atoms with Crippen LogP contribution in [0.15, 0.2) is 54.6 Å². The number of pyridine rings is 1. The number of thiophene rings is 1. The van der Waals surface area contributed by atoms with Crippen LogP contribution >= 0.6 is 11.3 Å². The lowest BCUT2D eigenvalue weighted by Gasteiger charge is -2.05. The zero-order valence-corrected chi connectivity index (χ0v) is 14.8. The standard InChI is InChI=1S/C20H15N3O2S/c1-11-13-6-4-7-14(19(21)24)18(13)26-17(11)20(25)23-16-10-9-12-5-2-3-8-15(12)22-16/h2-10H,1H3,(H2,21,24)(H,22,23,25). The van der Waals surface area contributed by atoms with Gasteiger partial charge in [0.05, 0.1) is 16.0 Å². The predicted octanol–water partition coefficient (Wildman–Crippen LogP) is 4.11. The Morgan fingerprint density at radius 3 is 2.65 bits per heavy atom. The Hall–Kier alpha value is -3.25. The van der Waals surface area contributed by atoms with Gasteiger partial charge in [0.25, 0.3) is 5.91 Å².